The summed E-state index contributed by atoms with van der Waals surface area (Å²) in [6.07, 6.45) is 3.39. The second kappa shape index (κ2) is 6.62. The predicted molar refractivity (Wildman–Crippen MR) is 87.8 cm³/mol. The largest absolute Gasteiger partial charge is 0.387 e. The molecule has 2 unspecified atom stereocenters. The first-order valence-corrected chi connectivity index (χ1v) is 8.44. The van der Waals surface area contributed by atoms with Crippen molar-refractivity contribution in [2.75, 3.05) is 11.9 Å². The van der Waals surface area contributed by atoms with E-state index in [1.807, 2.05) is 0 Å². The van der Waals surface area contributed by atoms with Gasteiger partial charge in [0.25, 0.3) is 0 Å². The van der Waals surface area contributed by atoms with Gasteiger partial charge in [-0.2, -0.15) is 4.91 Å². The number of nitrogens with one attached hydrogen (secondary N) is 1. The lowest BCUT2D eigenvalue weighted by atomic mass is 10.1. The molecule has 10 nitrogen and oxygen atoms in total. The predicted octanol–water partition coefficient (Wildman–Crippen LogP) is 0.566. The van der Waals surface area contributed by atoms with Crippen LogP contribution in [0.15, 0.2) is 17.8 Å². The van der Waals surface area contributed by atoms with Gasteiger partial charge >= 0.3 is 0 Å². The normalized spacial score (nSPS) is 30.2. The van der Waals surface area contributed by atoms with Crippen LogP contribution in [-0.4, -0.2) is 60.6 Å². The smallest absolute Gasteiger partial charge is 0.167 e. The first-order valence-electron chi connectivity index (χ1n) is 8.44. The molecule has 0 spiro atoms. The van der Waals surface area contributed by atoms with Crippen molar-refractivity contribution in [3.63, 3.8) is 0 Å². The monoisotopic (exact) mass is 348 g/mol. The Balaban J connectivity index is 1.63. The maximum absolute atomic E-state index is 10.5. The van der Waals surface area contributed by atoms with Gasteiger partial charge in [-0.3, -0.25) is 4.57 Å². The van der Waals surface area contributed by atoms with Crippen LogP contribution in [-0.2, 0) is 4.74 Å². The highest BCUT2D eigenvalue weighted by molar-refractivity contribution is 5.82. The zero-order chi connectivity index (χ0) is 17.4. The highest BCUT2D eigenvalue weighted by atomic mass is 16.6. The van der Waals surface area contributed by atoms with E-state index in [0.717, 1.165) is 12.8 Å². The third-order valence-corrected chi connectivity index (χ3v) is 4.92. The zero-order valence-corrected chi connectivity index (χ0v) is 13.5. The molecule has 1 saturated carbocycles. The summed E-state index contributed by atoms with van der Waals surface area (Å²) in [6.45, 7) is -0.231. The number of ether oxygens (including phenoxy) is 1. The van der Waals surface area contributed by atoms with Crippen LogP contribution in [0.1, 0.15) is 31.9 Å². The standard InChI is InChI=1S/C15H20N6O4/c22-11-9(5-19-24)25-15(12(11)23)21-7-18-10-13(16-6-17-14(10)21)20-8-3-1-2-4-8/h6-9,11-12,15,22-23H,1-5H2,(H,16,17,20)/t9?,11-,12-,15?/m1/s1. The maximum atomic E-state index is 10.5. The molecule has 0 radical (unpaired) electrons. The van der Waals surface area contributed by atoms with Crippen molar-refractivity contribution in [1.29, 1.82) is 0 Å². The van der Waals surface area contributed by atoms with Gasteiger partial charge in [-0.1, -0.05) is 18.0 Å². The summed E-state index contributed by atoms with van der Waals surface area (Å²) in [5.74, 6) is 0.648. The molecule has 2 aromatic rings. The molecule has 4 atom stereocenters. The summed E-state index contributed by atoms with van der Waals surface area (Å²) < 4.78 is 7.15. The van der Waals surface area contributed by atoms with Crippen LogP contribution < -0.4 is 5.32 Å². The number of fused-ring (bicyclic) bond motifs is 1. The Morgan fingerprint density at radius 1 is 1.24 bits per heavy atom. The summed E-state index contributed by atoms with van der Waals surface area (Å²) in [4.78, 5) is 23.3. The van der Waals surface area contributed by atoms with Gasteiger partial charge in [0.05, 0.1) is 6.33 Å². The molecule has 3 N–H and O–H groups in total. The van der Waals surface area contributed by atoms with Crippen molar-refractivity contribution in [3.8, 4) is 0 Å². The van der Waals surface area contributed by atoms with E-state index >= 15 is 0 Å². The number of aliphatic hydroxyl groups excluding tert-OH is 2. The summed E-state index contributed by atoms with van der Waals surface area (Å²) in [7, 11) is 0. The van der Waals surface area contributed by atoms with Crippen LogP contribution in [0.5, 0.6) is 0 Å². The van der Waals surface area contributed by atoms with Crippen molar-refractivity contribution in [1.82, 2.24) is 19.5 Å². The molecule has 134 valence electrons. The van der Waals surface area contributed by atoms with E-state index in [9.17, 15) is 15.1 Å². The Morgan fingerprint density at radius 2 is 2.04 bits per heavy atom. The Labute approximate surface area is 143 Å². The van der Waals surface area contributed by atoms with Gasteiger partial charge in [-0.25, -0.2) is 15.0 Å². The number of aromatic nitrogens is 4. The number of nitroso groups, excluding NO2 is 1. The Kier molecular flexibility index (Phi) is 4.32. The molecule has 0 aromatic carbocycles. The van der Waals surface area contributed by atoms with E-state index in [4.69, 9.17) is 4.74 Å². The summed E-state index contributed by atoms with van der Waals surface area (Å²) in [5.41, 5.74) is 1.07. The van der Waals surface area contributed by atoms with Crippen LogP contribution in [0, 0.1) is 4.91 Å². The van der Waals surface area contributed by atoms with Gasteiger partial charge in [-0.05, 0) is 12.8 Å². The third-order valence-electron chi connectivity index (χ3n) is 4.92. The van der Waals surface area contributed by atoms with E-state index in [1.165, 1.54) is 25.5 Å². The number of hydrogen-bond acceptors (Lipinski definition) is 9. The number of anilines is 1. The number of hydrogen-bond donors (Lipinski definition) is 3. The van der Waals surface area contributed by atoms with E-state index in [0.29, 0.717) is 23.0 Å². The van der Waals surface area contributed by atoms with Gasteiger partial charge in [-0.15, -0.1) is 0 Å². The molecule has 1 saturated heterocycles. The van der Waals surface area contributed by atoms with Crippen LogP contribution in [0.25, 0.3) is 11.2 Å². The van der Waals surface area contributed by atoms with Crippen molar-refractivity contribution < 1.29 is 14.9 Å². The molecular weight excluding hydrogens is 328 g/mol. The topological polar surface area (TPSA) is 135 Å². The fraction of sp³-hybridized carbons (Fsp3) is 0.667. The molecular formula is C15H20N6O4. The van der Waals surface area contributed by atoms with Crippen molar-refractivity contribution >= 4 is 17.0 Å². The average molecular weight is 348 g/mol. The highest BCUT2D eigenvalue weighted by Crippen LogP contribution is 2.33. The van der Waals surface area contributed by atoms with E-state index in [1.54, 1.807) is 4.57 Å². The fourth-order valence-electron chi connectivity index (χ4n) is 3.59. The lowest BCUT2D eigenvalue weighted by Gasteiger charge is -2.17. The van der Waals surface area contributed by atoms with E-state index < -0.39 is 24.5 Å². The molecule has 2 aromatic heterocycles. The second-order valence-corrected chi connectivity index (χ2v) is 6.53. The molecule has 2 aliphatic rings. The lowest BCUT2D eigenvalue weighted by molar-refractivity contribution is -0.0321. The lowest BCUT2D eigenvalue weighted by Crippen LogP contribution is -2.32. The van der Waals surface area contributed by atoms with Crippen LogP contribution >= 0.6 is 0 Å². The molecule has 4 rings (SSSR count). The van der Waals surface area contributed by atoms with Gasteiger partial charge < -0.3 is 20.3 Å². The van der Waals surface area contributed by atoms with Gasteiger partial charge in [0.1, 0.15) is 31.2 Å². The molecule has 3 heterocycles. The quantitative estimate of drug-likeness (QED) is 0.667. The van der Waals surface area contributed by atoms with Gasteiger partial charge in [0, 0.05) is 6.04 Å². The molecule has 0 amide bonds. The summed E-state index contributed by atoms with van der Waals surface area (Å²) in [5, 5.41) is 26.4. The number of rotatable bonds is 5. The first-order chi connectivity index (χ1) is 12.2. The number of imidazole rings is 1. The summed E-state index contributed by atoms with van der Waals surface area (Å²) in [6, 6.07) is 0.376. The SMILES string of the molecule is O=NCC1OC(n2cnc3c(NC4CCCC4)ncnc32)[C@H](O)[C@@H]1O. The minimum Gasteiger partial charge on any atom is -0.387 e. The molecule has 0 bridgehead atoms. The molecule has 1 aliphatic heterocycles. The van der Waals surface area contributed by atoms with Crippen LogP contribution in [0.2, 0.25) is 0 Å². The van der Waals surface area contributed by atoms with Crippen molar-refractivity contribution in [2.45, 2.75) is 56.3 Å². The molecule has 10 heteroatoms. The Hall–Kier alpha value is -2.17. The molecule has 2 fully saturated rings. The van der Waals surface area contributed by atoms with E-state index in [2.05, 4.69) is 25.4 Å². The fourth-order valence-corrected chi connectivity index (χ4v) is 3.59. The first kappa shape index (κ1) is 16.3. The van der Waals surface area contributed by atoms with Crippen LogP contribution in [0.3, 0.4) is 0 Å². The molecule has 25 heavy (non-hydrogen) atoms. The highest BCUT2D eigenvalue weighted by Gasteiger charge is 2.44. The zero-order valence-electron chi connectivity index (χ0n) is 13.5. The number of aliphatic hydroxyl groups is 2. The Morgan fingerprint density at radius 3 is 2.80 bits per heavy atom. The third kappa shape index (κ3) is 2.86. The minimum atomic E-state index is -1.20. The van der Waals surface area contributed by atoms with Crippen molar-refractivity contribution in [2.24, 2.45) is 5.18 Å². The van der Waals surface area contributed by atoms with Gasteiger partial charge in [0.2, 0.25) is 0 Å². The number of nitrogens with zero attached hydrogens (tertiary/aromatic N) is 5. The average Bonchev–Trinajstić information content (AvgIpc) is 3.32. The Bertz CT molecular complexity index is 762. The second-order valence-electron chi connectivity index (χ2n) is 6.53. The van der Waals surface area contributed by atoms with E-state index in [-0.39, 0.29) is 6.54 Å². The minimum absolute atomic E-state index is 0.231. The molecule has 1 aliphatic carbocycles. The maximum Gasteiger partial charge on any atom is 0.167 e. The van der Waals surface area contributed by atoms with Crippen molar-refractivity contribution in [3.05, 3.63) is 17.6 Å². The summed E-state index contributed by atoms with van der Waals surface area (Å²) >= 11 is 0. The van der Waals surface area contributed by atoms with Crippen LogP contribution in [0.4, 0.5) is 5.82 Å². The van der Waals surface area contributed by atoms with Gasteiger partial charge in [0.15, 0.2) is 23.2 Å².